The number of benzene rings is 1. The predicted molar refractivity (Wildman–Crippen MR) is 172 cm³/mol. The number of ether oxygens (including phenoxy) is 1. The van der Waals surface area contributed by atoms with E-state index in [4.69, 9.17) is 21.3 Å². The highest BCUT2D eigenvalue weighted by molar-refractivity contribution is 6.32. The summed E-state index contributed by atoms with van der Waals surface area (Å²) in [5.41, 5.74) is -0.457. The zero-order valence-electron chi connectivity index (χ0n) is 27.2. The van der Waals surface area contributed by atoms with E-state index in [1.165, 1.54) is 18.3 Å². The molecule has 14 heteroatoms. The number of nitrogens with zero attached hydrogens (tertiary/aromatic N) is 5. The summed E-state index contributed by atoms with van der Waals surface area (Å²) < 4.78 is 78.7. The van der Waals surface area contributed by atoms with Crippen LogP contribution in [0.25, 0.3) is 22.2 Å². The maximum absolute atomic E-state index is 16.8. The van der Waals surface area contributed by atoms with Crippen LogP contribution in [0.2, 0.25) is 5.02 Å². The van der Waals surface area contributed by atoms with Crippen LogP contribution in [0.1, 0.15) is 63.9 Å². The van der Waals surface area contributed by atoms with Gasteiger partial charge in [0.05, 0.1) is 10.9 Å². The summed E-state index contributed by atoms with van der Waals surface area (Å²) >= 11 is 6.50. The third-order valence-corrected chi connectivity index (χ3v) is 12.1. The fourth-order valence-corrected chi connectivity index (χ4v) is 10.4. The summed E-state index contributed by atoms with van der Waals surface area (Å²) in [5.74, 6) is -4.16. The van der Waals surface area contributed by atoms with Crippen molar-refractivity contribution < 1.29 is 36.6 Å². The summed E-state index contributed by atoms with van der Waals surface area (Å²) in [6.45, 7) is 5.51. The molecule has 10 rings (SSSR count). The minimum absolute atomic E-state index is 0.0326. The molecule has 49 heavy (non-hydrogen) atoms. The topological polar surface area (TPSA) is 91.7 Å². The van der Waals surface area contributed by atoms with Crippen LogP contribution < -0.4 is 9.64 Å². The van der Waals surface area contributed by atoms with Crippen LogP contribution in [-0.4, -0.2) is 81.4 Å². The van der Waals surface area contributed by atoms with Crippen molar-refractivity contribution in [3.05, 3.63) is 34.7 Å². The molecule has 0 amide bonds. The molecule has 7 fully saturated rings. The molecule has 5 aliphatic heterocycles. The number of carbonyl (C=O) groups is 1. The van der Waals surface area contributed by atoms with Crippen molar-refractivity contribution in [2.75, 3.05) is 37.7 Å². The maximum atomic E-state index is 16.8. The monoisotopic (exact) mass is 705 g/mol. The Hall–Kier alpha value is -3.32. The van der Waals surface area contributed by atoms with E-state index in [0.717, 1.165) is 19.4 Å². The molecular weight excluding hydrogens is 669 g/mol. The molecule has 3 bridgehead atoms. The molecule has 2 unspecified atom stereocenters. The first-order chi connectivity index (χ1) is 23.2. The molecule has 5 saturated heterocycles. The molecular formula is C35H37ClF5N5O3. The zero-order valence-corrected chi connectivity index (χ0v) is 27.9. The van der Waals surface area contributed by atoms with Gasteiger partial charge in [-0.2, -0.15) is 23.1 Å². The third-order valence-electron chi connectivity index (χ3n) is 11.8. The van der Waals surface area contributed by atoms with E-state index in [1.807, 2.05) is 18.7 Å². The number of hydrogen-bond acceptors (Lipinski definition) is 8. The van der Waals surface area contributed by atoms with Crippen LogP contribution in [0.15, 0.2) is 18.3 Å². The van der Waals surface area contributed by atoms with E-state index < -0.39 is 46.7 Å². The molecule has 0 radical (unpaired) electrons. The van der Waals surface area contributed by atoms with Gasteiger partial charge in [-0.1, -0.05) is 25.4 Å². The van der Waals surface area contributed by atoms with Crippen molar-refractivity contribution in [3.8, 4) is 23.0 Å². The van der Waals surface area contributed by atoms with E-state index in [-0.39, 0.29) is 64.2 Å². The highest BCUT2D eigenvalue weighted by Crippen LogP contribution is 2.67. The molecule has 2 saturated carbocycles. The lowest BCUT2D eigenvalue weighted by atomic mass is 9.40. The van der Waals surface area contributed by atoms with Gasteiger partial charge in [-0.15, -0.1) is 0 Å². The number of Topliss-reactive ketones (excluding diaryl/α,β-unsaturated/α-hetero) is 1. The van der Waals surface area contributed by atoms with E-state index in [1.54, 1.807) is 0 Å². The SMILES string of the molecule is CC(C)c1c(Cl)cc(O)cc1-c1ncc2c(N3CC4CC5(C4)CC(C3)C5C(=O)C(F)(F)F)nc(OC[C@]34CCCN3C[C@@H](F)C4)nc2c1F. The van der Waals surface area contributed by atoms with Crippen LogP contribution in [0, 0.1) is 29.0 Å². The Labute approximate surface area is 285 Å². The van der Waals surface area contributed by atoms with Gasteiger partial charge in [0.15, 0.2) is 5.82 Å². The molecule has 262 valence electrons. The van der Waals surface area contributed by atoms with Crippen LogP contribution in [0.3, 0.4) is 0 Å². The first kappa shape index (κ1) is 32.9. The number of phenols is 1. The lowest BCUT2D eigenvalue weighted by molar-refractivity contribution is -0.208. The average Bonchev–Trinajstić information content (AvgIpc) is 3.49. The van der Waals surface area contributed by atoms with Gasteiger partial charge < -0.3 is 14.7 Å². The van der Waals surface area contributed by atoms with E-state index in [9.17, 15) is 27.5 Å². The Morgan fingerprint density at radius 3 is 2.65 bits per heavy atom. The van der Waals surface area contributed by atoms with Crippen molar-refractivity contribution in [1.29, 1.82) is 0 Å². The standard InChI is InChI=1S/C35H37ClF5N5O3/c1-17(2)25-22(6-21(47)7-24(25)36)28-27(38)29-23(12-42-28)31(44-32(43-29)49-16-34-4-3-5-46(34)15-20(37)11-34)45-13-18-8-33(9-18)10-19(14-45)26(33)30(48)35(39,40)41/h6-7,12,17-20,26,47H,3-5,8-11,13-16H2,1-2H3/t18?,19?,20-,26?,33?,34+/m0/s1. The van der Waals surface area contributed by atoms with Gasteiger partial charge in [0.25, 0.3) is 0 Å². The molecule has 2 aliphatic carbocycles. The highest BCUT2D eigenvalue weighted by Gasteiger charge is 2.67. The Morgan fingerprint density at radius 2 is 1.92 bits per heavy atom. The number of phenolic OH excluding ortho intramolecular Hbond substituents is 1. The van der Waals surface area contributed by atoms with Crippen LogP contribution >= 0.6 is 11.6 Å². The fourth-order valence-electron chi connectivity index (χ4n) is 9.98. The summed E-state index contributed by atoms with van der Waals surface area (Å²) in [7, 11) is 0. The first-order valence-corrected chi connectivity index (χ1v) is 17.3. The Balaban J connectivity index is 1.23. The second-order valence-electron chi connectivity index (χ2n) is 15.3. The second kappa shape index (κ2) is 11.3. The van der Waals surface area contributed by atoms with E-state index >= 15 is 4.39 Å². The van der Waals surface area contributed by atoms with E-state index in [0.29, 0.717) is 49.9 Å². The number of aromatic nitrogens is 3. The lowest BCUT2D eigenvalue weighted by Gasteiger charge is -2.66. The van der Waals surface area contributed by atoms with Crippen LogP contribution in [-0.2, 0) is 4.79 Å². The Bertz CT molecular complexity index is 1850. The molecule has 8 nitrogen and oxygen atoms in total. The number of ketones is 1. The van der Waals surface area contributed by atoms with Gasteiger partial charge in [-0.25, -0.2) is 8.78 Å². The number of alkyl halides is 4. The van der Waals surface area contributed by atoms with Gasteiger partial charge >= 0.3 is 12.2 Å². The fraction of sp³-hybridized carbons (Fsp3) is 0.600. The molecule has 1 N–H and O–H groups in total. The predicted octanol–water partition coefficient (Wildman–Crippen LogP) is 7.25. The lowest BCUT2D eigenvalue weighted by Crippen LogP contribution is -2.66. The summed E-state index contributed by atoms with van der Waals surface area (Å²) in [6.07, 6.45) is -1.02. The number of carbonyl (C=O) groups excluding carboxylic acids is 1. The molecule has 1 aromatic carbocycles. The first-order valence-electron chi connectivity index (χ1n) is 16.9. The molecule has 2 aromatic heterocycles. The van der Waals surface area contributed by atoms with Crippen molar-refractivity contribution >= 4 is 34.1 Å². The van der Waals surface area contributed by atoms with Gasteiger partial charge in [0.1, 0.15) is 35.6 Å². The number of anilines is 1. The van der Waals surface area contributed by atoms with Crippen LogP contribution in [0.5, 0.6) is 11.8 Å². The van der Waals surface area contributed by atoms with Gasteiger partial charge in [0.2, 0.25) is 5.78 Å². The second-order valence-corrected chi connectivity index (χ2v) is 15.7. The van der Waals surface area contributed by atoms with Crippen molar-refractivity contribution in [3.63, 3.8) is 0 Å². The van der Waals surface area contributed by atoms with Gasteiger partial charge in [-0.05, 0) is 79.5 Å². The zero-order chi connectivity index (χ0) is 34.6. The highest BCUT2D eigenvalue weighted by atomic mass is 35.5. The number of rotatable bonds is 7. The average molecular weight is 706 g/mol. The Kier molecular flexibility index (Phi) is 7.61. The number of hydrogen-bond donors (Lipinski definition) is 1. The molecule has 7 heterocycles. The molecule has 7 aliphatic rings. The summed E-state index contributed by atoms with van der Waals surface area (Å²) in [4.78, 5) is 30.3. The maximum Gasteiger partial charge on any atom is 0.450 e. The summed E-state index contributed by atoms with van der Waals surface area (Å²) in [6, 6.07) is 2.65. The molecule has 4 atom stereocenters. The van der Waals surface area contributed by atoms with Gasteiger partial charge in [-0.3, -0.25) is 14.7 Å². The number of halogens is 6. The minimum Gasteiger partial charge on any atom is -0.508 e. The third kappa shape index (κ3) is 5.24. The number of pyridine rings is 1. The minimum atomic E-state index is -4.92. The summed E-state index contributed by atoms with van der Waals surface area (Å²) in [5, 5.41) is 10.9. The number of aromatic hydroxyl groups is 1. The van der Waals surface area contributed by atoms with Crippen molar-refractivity contribution in [2.45, 2.75) is 76.2 Å². The smallest absolute Gasteiger partial charge is 0.450 e. The normalized spacial score (nSPS) is 30.9. The Morgan fingerprint density at radius 1 is 1.14 bits per heavy atom. The molecule has 1 spiro atoms. The van der Waals surface area contributed by atoms with Gasteiger partial charge in [0, 0.05) is 48.8 Å². The van der Waals surface area contributed by atoms with Crippen molar-refractivity contribution in [1.82, 2.24) is 19.9 Å². The quantitative estimate of drug-likeness (QED) is 0.257. The van der Waals surface area contributed by atoms with E-state index in [2.05, 4.69) is 14.9 Å². The molecule has 3 aromatic rings. The van der Waals surface area contributed by atoms with Crippen molar-refractivity contribution in [2.24, 2.45) is 23.2 Å². The number of fused-ring (bicyclic) bond motifs is 2. The van der Waals surface area contributed by atoms with Crippen LogP contribution in [0.4, 0.5) is 27.8 Å². The largest absolute Gasteiger partial charge is 0.508 e.